The molecule has 0 amide bonds. The van der Waals surface area contributed by atoms with Crippen molar-refractivity contribution in [2.75, 3.05) is 12.8 Å². The van der Waals surface area contributed by atoms with Gasteiger partial charge in [0.25, 0.3) is 0 Å². The summed E-state index contributed by atoms with van der Waals surface area (Å²) >= 11 is 0. The number of benzene rings is 2. The van der Waals surface area contributed by atoms with Gasteiger partial charge in [-0.05, 0) is 24.3 Å². The van der Waals surface area contributed by atoms with Crippen molar-refractivity contribution in [3.8, 4) is 11.5 Å². The minimum atomic E-state index is -0.502. The molecule has 0 saturated heterocycles. The third-order valence-corrected chi connectivity index (χ3v) is 2.94. The first-order valence-electron chi connectivity index (χ1n) is 6.03. The number of esters is 1. The van der Waals surface area contributed by atoms with E-state index in [0.717, 1.165) is 5.56 Å². The van der Waals surface area contributed by atoms with Crippen molar-refractivity contribution < 1.29 is 13.9 Å². The van der Waals surface area contributed by atoms with Crippen molar-refractivity contribution in [2.24, 2.45) is 0 Å². The Morgan fingerprint density at radius 2 is 2.00 bits per heavy atom. The molecule has 100 valence electrons. The molecule has 0 aliphatic heterocycles. The Morgan fingerprint density at radius 3 is 2.70 bits per heavy atom. The van der Waals surface area contributed by atoms with Crippen molar-refractivity contribution in [3.05, 3.63) is 48.0 Å². The van der Waals surface area contributed by atoms with Crippen molar-refractivity contribution >= 4 is 22.8 Å². The summed E-state index contributed by atoms with van der Waals surface area (Å²) in [7, 11) is 1.31. The second-order valence-corrected chi connectivity index (χ2v) is 4.29. The molecule has 0 aliphatic rings. The van der Waals surface area contributed by atoms with Gasteiger partial charge in [-0.2, -0.15) is 0 Å². The van der Waals surface area contributed by atoms with Gasteiger partial charge in [0.05, 0.1) is 7.11 Å². The van der Waals surface area contributed by atoms with Gasteiger partial charge in [0.15, 0.2) is 5.58 Å². The van der Waals surface area contributed by atoms with E-state index in [0.29, 0.717) is 22.7 Å². The summed E-state index contributed by atoms with van der Waals surface area (Å²) in [5.74, 6) is -0.0607. The largest absolute Gasteiger partial charge is 0.465 e. The minimum absolute atomic E-state index is 0.275. The smallest absolute Gasteiger partial charge is 0.341 e. The Morgan fingerprint density at radius 1 is 1.25 bits per heavy atom. The van der Waals surface area contributed by atoms with Gasteiger partial charge in [-0.25, -0.2) is 9.78 Å². The maximum absolute atomic E-state index is 11.8. The van der Waals surface area contributed by atoms with E-state index < -0.39 is 5.97 Å². The van der Waals surface area contributed by atoms with E-state index in [1.807, 2.05) is 30.3 Å². The lowest BCUT2D eigenvalue weighted by molar-refractivity contribution is 0.0602. The van der Waals surface area contributed by atoms with E-state index in [9.17, 15) is 4.79 Å². The van der Waals surface area contributed by atoms with Crippen molar-refractivity contribution in [3.63, 3.8) is 0 Å². The summed E-state index contributed by atoms with van der Waals surface area (Å²) in [5.41, 5.74) is 8.23. The molecule has 0 unspecified atom stereocenters. The highest BCUT2D eigenvalue weighted by Crippen LogP contribution is 2.28. The van der Waals surface area contributed by atoms with Crippen molar-refractivity contribution in [2.45, 2.75) is 0 Å². The Bertz CT molecular complexity index is 778. The molecule has 0 spiro atoms. The zero-order valence-corrected chi connectivity index (χ0v) is 10.8. The number of nitrogen functional groups attached to an aromatic ring is 1. The van der Waals surface area contributed by atoms with E-state index in [1.165, 1.54) is 13.2 Å². The molecule has 2 aromatic carbocycles. The Labute approximate surface area is 115 Å². The summed E-state index contributed by atoms with van der Waals surface area (Å²) < 4.78 is 10.4. The second kappa shape index (κ2) is 4.70. The molecule has 0 bridgehead atoms. The number of aromatic nitrogens is 1. The predicted octanol–water partition coefficient (Wildman–Crippen LogP) is 2.86. The Kier molecular flexibility index (Phi) is 2.87. The molecular formula is C15H12N2O3. The number of nitrogens with two attached hydrogens (primary N) is 1. The van der Waals surface area contributed by atoms with Gasteiger partial charge in [0, 0.05) is 11.3 Å². The molecule has 0 fully saturated rings. The lowest BCUT2D eigenvalue weighted by atomic mass is 10.2. The molecular weight excluding hydrogens is 256 g/mol. The average Bonchev–Trinajstić information content (AvgIpc) is 2.90. The lowest BCUT2D eigenvalue weighted by Gasteiger charge is -2.00. The third-order valence-electron chi connectivity index (χ3n) is 2.94. The van der Waals surface area contributed by atoms with Crippen LogP contribution >= 0.6 is 0 Å². The van der Waals surface area contributed by atoms with Crippen LogP contribution in [0.3, 0.4) is 0 Å². The quantitative estimate of drug-likeness (QED) is 0.571. The zero-order chi connectivity index (χ0) is 14.1. The molecule has 3 aromatic rings. The molecule has 0 atom stereocenters. The fraction of sp³-hybridized carbons (Fsp3) is 0.0667. The number of ether oxygens (including phenoxy) is 1. The monoisotopic (exact) mass is 268 g/mol. The Balaban J connectivity index is 2.23. The maximum atomic E-state index is 11.8. The summed E-state index contributed by atoms with van der Waals surface area (Å²) in [5, 5.41) is 0. The van der Waals surface area contributed by atoms with Crippen LogP contribution in [0.1, 0.15) is 10.4 Å². The van der Waals surface area contributed by atoms with Gasteiger partial charge in [-0.15, -0.1) is 0 Å². The first kappa shape index (κ1) is 12.2. The maximum Gasteiger partial charge on any atom is 0.341 e. The van der Waals surface area contributed by atoms with E-state index in [1.54, 1.807) is 6.07 Å². The Hall–Kier alpha value is -2.82. The van der Waals surface area contributed by atoms with Crippen LogP contribution in [-0.4, -0.2) is 18.1 Å². The SMILES string of the molecule is COC(=O)c1cc(N)cc2nc(-c3ccccc3)oc12. The highest BCUT2D eigenvalue weighted by atomic mass is 16.5. The number of methoxy groups -OCH3 is 1. The number of anilines is 1. The molecule has 20 heavy (non-hydrogen) atoms. The number of carbonyl (C=O) groups excluding carboxylic acids is 1. The summed E-state index contributed by atoms with van der Waals surface area (Å²) in [6, 6.07) is 12.6. The highest BCUT2D eigenvalue weighted by Gasteiger charge is 2.18. The van der Waals surface area contributed by atoms with Crippen LogP contribution in [0.15, 0.2) is 46.9 Å². The van der Waals surface area contributed by atoms with Crippen LogP contribution in [-0.2, 0) is 4.74 Å². The number of carbonyl (C=O) groups is 1. The van der Waals surface area contributed by atoms with E-state index in [4.69, 9.17) is 14.9 Å². The van der Waals surface area contributed by atoms with Crippen LogP contribution in [0.25, 0.3) is 22.6 Å². The van der Waals surface area contributed by atoms with Gasteiger partial charge < -0.3 is 14.9 Å². The zero-order valence-electron chi connectivity index (χ0n) is 10.8. The van der Waals surface area contributed by atoms with Crippen LogP contribution in [0, 0.1) is 0 Å². The summed E-state index contributed by atoms with van der Waals surface area (Å²) in [4.78, 5) is 16.1. The lowest BCUT2D eigenvalue weighted by Crippen LogP contribution is -2.02. The molecule has 2 N–H and O–H groups in total. The first-order valence-corrected chi connectivity index (χ1v) is 6.03. The van der Waals surface area contributed by atoms with E-state index in [2.05, 4.69) is 4.98 Å². The van der Waals surface area contributed by atoms with Gasteiger partial charge in [-0.1, -0.05) is 18.2 Å². The highest BCUT2D eigenvalue weighted by molar-refractivity contribution is 6.03. The molecule has 1 heterocycles. The predicted molar refractivity (Wildman–Crippen MR) is 75.2 cm³/mol. The fourth-order valence-electron chi connectivity index (χ4n) is 2.02. The number of hydrogen-bond acceptors (Lipinski definition) is 5. The first-order chi connectivity index (χ1) is 9.69. The van der Waals surface area contributed by atoms with Crippen molar-refractivity contribution in [1.29, 1.82) is 0 Å². The van der Waals surface area contributed by atoms with Crippen LogP contribution in [0.4, 0.5) is 5.69 Å². The van der Waals surface area contributed by atoms with Gasteiger partial charge >= 0.3 is 5.97 Å². The normalized spacial score (nSPS) is 10.7. The number of hydrogen-bond donors (Lipinski definition) is 1. The number of oxazole rings is 1. The molecule has 0 radical (unpaired) electrons. The average molecular weight is 268 g/mol. The number of rotatable bonds is 2. The molecule has 1 aromatic heterocycles. The van der Waals surface area contributed by atoms with Gasteiger partial charge in [0.1, 0.15) is 11.1 Å². The molecule has 0 aliphatic carbocycles. The van der Waals surface area contributed by atoms with Crippen LogP contribution in [0.2, 0.25) is 0 Å². The van der Waals surface area contributed by atoms with Crippen molar-refractivity contribution in [1.82, 2.24) is 4.98 Å². The van der Waals surface area contributed by atoms with Crippen LogP contribution in [0.5, 0.6) is 0 Å². The van der Waals surface area contributed by atoms with Crippen LogP contribution < -0.4 is 5.73 Å². The van der Waals surface area contributed by atoms with Gasteiger partial charge in [-0.3, -0.25) is 0 Å². The van der Waals surface area contributed by atoms with Gasteiger partial charge in [0.2, 0.25) is 5.89 Å². The molecule has 5 heteroatoms. The number of fused-ring (bicyclic) bond motifs is 1. The second-order valence-electron chi connectivity index (χ2n) is 4.29. The molecule has 0 saturated carbocycles. The summed E-state index contributed by atoms with van der Waals surface area (Å²) in [6.45, 7) is 0. The summed E-state index contributed by atoms with van der Waals surface area (Å²) in [6.07, 6.45) is 0. The minimum Gasteiger partial charge on any atom is -0.465 e. The standard InChI is InChI=1S/C15H12N2O3/c1-19-15(18)11-7-10(16)8-12-13(11)20-14(17-12)9-5-3-2-4-6-9/h2-8H,16H2,1H3. The van der Waals surface area contributed by atoms with E-state index in [-0.39, 0.29) is 5.56 Å². The topological polar surface area (TPSA) is 78.4 Å². The molecule has 3 rings (SSSR count). The third kappa shape index (κ3) is 1.99. The van der Waals surface area contributed by atoms with E-state index >= 15 is 0 Å². The fourth-order valence-corrected chi connectivity index (χ4v) is 2.02. The molecule has 5 nitrogen and oxygen atoms in total. The number of nitrogens with zero attached hydrogens (tertiary/aromatic N) is 1.